The predicted octanol–water partition coefficient (Wildman–Crippen LogP) is 0.954. The molecule has 1 rings (SSSR count). The highest BCUT2D eigenvalue weighted by atomic mass is 16.6. The smallest absolute Gasteiger partial charge is 0.381 e. The van der Waals surface area contributed by atoms with Crippen LogP contribution in [0.25, 0.3) is 0 Å². The minimum Gasteiger partial charge on any atom is -0.461 e. The first-order valence-electron chi connectivity index (χ1n) is 5.38. The molecule has 0 N–H and O–H groups in total. The molecular formula is C10H15NO5. The molecule has 6 nitrogen and oxygen atoms in total. The Morgan fingerprint density at radius 1 is 1.69 bits per heavy atom. The van der Waals surface area contributed by atoms with E-state index in [4.69, 9.17) is 0 Å². The standard InChI is InChI=1S/C10H15NO5/c1-2-16-10(13)9(11(14)15)7-4-3-5-8(12)6-7/h7,9H,2-6H2,1H3/t7-,9?/m0/s1. The van der Waals surface area contributed by atoms with Crippen molar-refractivity contribution in [3.63, 3.8) is 0 Å². The lowest BCUT2D eigenvalue weighted by atomic mass is 9.83. The number of carbonyl (C=O) groups excluding carboxylic acids is 2. The van der Waals surface area contributed by atoms with Gasteiger partial charge in [-0.25, -0.2) is 4.79 Å². The molecule has 0 spiro atoms. The molecule has 1 saturated carbocycles. The molecule has 0 radical (unpaired) electrons. The fourth-order valence-corrected chi connectivity index (χ4v) is 2.01. The van der Waals surface area contributed by atoms with Crippen molar-refractivity contribution in [2.45, 2.75) is 38.6 Å². The number of ether oxygens (including phenoxy) is 1. The van der Waals surface area contributed by atoms with E-state index in [1.54, 1.807) is 6.92 Å². The Bertz CT molecular complexity index is 302. The maximum absolute atomic E-state index is 11.4. The van der Waals surface area contributed by atoms with Crippen LogP contribution in [0.5, 0.6) is 0 Å². The Labute approximate surface area is 93.1 Å². The number of ketones is 1. The molecule has 1 aliphatic rings. The van der Waals surface area contributed by atoms with Crippen LogP contribution in [0.15, 0.2) is 0 Å². The molecule has 6 heteroatoms. The Balaban J connectivity index is 2.72. The molecule has 0 aromatic rings. The first-order valence-corrected chi connectivity index (χ1v) is 5.38. The number of hydrogen-bond acceptors (Lipinski definition) is 5. The van der Waals surface area contributed by atoms with Crippen molar-refractivity contribution in [3.05, 3.63) is 10.1 Å². The zero-order valence-corrected chi connectivity index (χ0v) is 9.18. The van der Waals surface area contributed by atoms with Gasteiger partial charge in [-0.15, -0.1) is 0 Å². The van der Waals surface area contributed by atoms with Crippen LogP contribution in [0.3, 0.4) is 0 Å². The molecule has 0 aliphatic heterocycles. The van der Waals surface area contributed by atoms with Crippen molar-refractivity contribution in [2.75, 3.05) is 6.61 Å². The number of nitro groups is 1. The monoisotopic (exact) mass is 229 g/mol. The highest BCUT2D eigenvalue weighted by Crippen LogP contribution is 2.26. The van der Waals surface area contributed by atoms with Gasteiger partial charge >= 0.3 is 12.0 Å². The first-order chi connectivity index (χ1) is 7.56. The second kappa shape index (κ2) is 5.58. The predicted molar refractivity (Wildman–Crippen MR) is 54.4 cm³/mol. The molecule has 1 unspecified atom stereocenters. The number of rotatable bonds is 4. The number of nitrogens with zero attached hydrogens (tertiary/aromatic N) is 1. The Morgan fingerprint density at radius 2 is 2.38 bits per heavy atom. The van der Waals surface area contributed by atoms with Gasteiger partial charge in [0.1, 0.15) is 5.78 Å². The highest BCUT2D eigenvalue weighted by molar-refractivity contribution is 5.81. The summed E-state index contributed by atoms with van der Waals surface area (Å²) >= 11 is 0. The average Bonchev–Trinajstić information content (AvgIpc) is 2.17. The molecule has 1 aliphatic carbocycles. The van der Waals surface area contributed by atoms with Crippen LogP contribution in [-0.4, -0.2) is 29.3 Å². The zero-order valence-electron chi connectivity index (χ0n) is 9.18. The molecule has 2 atom stereocenters. The molecule has 1 fully saturated rings. The number of Topliss-reactive ketones (excluding diaryl/α,β-unsaturated/α-hetero) is 1. The van der Waals surface area contributed by atoms with E-state index in [0.29, 0.717) is 19.3 Å². The van der Waals surface area contributed by atoms with Gasteiger partial charge in [0.2, 0.25) is 0 Å². The fourth-order valence-electron chi connectivity index (χ4n) is 2.01. The topological polar surface area (TPSA) is 86.5 Å². The van der Waals surface area contributed by atoms with Crippen molar-refractivity contribution in [1.82, 2.24) is 0 Å². The summed E-state index contributed by atoms with van der Waals surface area (Å²) in [5.74, 6) is -1.34. The van der Waals surface area contributed by atoms with Crippen molar-refractivity contribution in [2.24, 2.45) is 5.92 Å². The van der Waals surface area contributed by atoms with Gasteiger partial charge in [-0.1, -0.05) is 0 Å². The van der Waals surface area contributed by atoms with Gasteiger partial charge in [0.05, 0.1) is 6.61 Å². The van der Waals surface area contributed by atoms with Gasteiger partial charge in [0.15, 0.2) is 0 Å². The quantitative estimate of drug-likeness (QED) is 0.407. The van der Waals surface area contributed by atoms with E-state index < -0.39 is 22.9 Å². The molecule has 0 bridgehead atoms. The molecule has 0 amide bonds. The molecule has 0 aromatic heterocycles. The van der Waals surface area contributed by atoms with E-state index in [0.717, 1.165) is 0 Å². The summed E-state index contributed by atoms with van der Waals surface area (Å²) in [5, 5.41) is 10.8. The van der Waals surface area contributed by atoms with Gasteiger partial charge in [-0.2, -0.15) is 0 Å². The molecule has 0 aromatic carbocycles. The van der Waals surface area contributed by atoms with E-state index in [9.17, 15) is 19.7 Å². The summed E-state index contributed by atoms with van der Waals surface area (Å²) in [6, 6.07) is -1.39. The highest BCUT2D eigenvalue weighted by Gasteiger charge is 2.42. The molecule has 0 saturated heterocycles. The first kappa shape index (κ1) is 12.6. The third kappa shape index (κ3) is 3.01. The third-order valence-corrected chi connectivity index (χ3v) is 2.72. The molecular weight excluding hydrogens is 214 g/mol. The Hall–Kier alpha value is -1.46. The van der Waals surface area contributed by atoms with E-state index in [-0.39, 0.29) is 18.8 Å². The van der Waals surface area contributed by atoms with Gasteiger partial charge in [-0.3, -0.25) is 14.9 Å². The van der Waals surface area contributed by atoms with Crippen LogP contribution in [0, 0.1) is 16.0 Å². The van der Waals surface area contributed by atoms with Gasteiger partial charge < -0.3 is 4.74 Å². The minimum absolute atomic E-state index is 0.00704. The van der Waals surface area contributed by atoms with E-state index in [1.165, 1.54) is 0 Å². The van der Waals surface area contributed by atoms with Gasteiger partial charge in [-0.05, 0) is 19.8 Å². The largest absolute Gasteiger partial charge is 0.461 e. The third-order valence-electron chi connectivity index (χ3n) is 2.72. The fraction of sp³-hybridized carbons (Fsp3) is 0.800. The lowest BCUT2D eigenvalue weighted by Gasteiger charge is -2.22. The minimum atomic E-state index is -1.39. The van der Waals surface area contributed by atoms with Crippen molar-refractivity contribution >= 4 is 11.8 Å². The van der Waals surface area contributed by atoms with Crippen LogP contribution >= 0.6 is 0 Å². The Kier molecular flexibility index (Phi) is 4.39. The Morgan fingerprint density at radius 3 is 2.88 bits per heavy atom. The van der Waals surface area contributed by atoms with E-state index >= 15 is 0 Å². The van der Waals surface area contributed by atoms with Crippen molar-refractivity contribution in [1.29, 1.82) is 0 Å². The summed E-state index contributed by atoms with van der Waals surface area (Å²) in [6.45, 7) is 1.71. The van der Waals surface area contributed by atoms with Crippen LogP contribution in [0.4, 0.5) is 0 Å². The molecule has 0 heterocycles. The van der Waals surface area contributed by atoms with Crippen LogP contribution in [0.2, 0.25) is 0 Å². The lowest BCUT2D eigenvalue weighted by Crippen LogP contribution is -2.40. The van der Waals surface area contributed by atoms with Crippen LogP contribution in [-0.2, 0) is 14.3 Å². The number of hydrogen-bond donors (Lipinski definition) is 0. The number of carbonyl (C=O) groups is 2. The second-order valence-corrected chi connectivity index (χ2v) is 3.88. The number of esters is 1. The maximum atomic E-state index is 11.4. The lowest BCUT2D eigenvalue weighted by molar-refractivity contribution is -0.520. The summed E-state index contributed by atoms with van der Waals surface area (Å²) in [5.41, 5.74) is 0. The molecule has 90 valence electrons. The normalized spacial score (nSPS) is 22.6. The van der Waals surface area contributed by atoms with Gasteiger partial charge in [0.25, 0.3) is 0 Å². The van der Waals surface area contributed by atoms with Crippen molar-refractivity contribution < 1.29 is 19.2 Å². The van der Waals surface area contributed by atoms with Gasteiger partial charge in [0, 0.05) is 23.7 Å². The van der Waals surface area contributed by atoms with Crippen LogP contribution < -0.4 is 0 Å². The van der Waals surface area contributed by atoms with E-state index in [1.807, 2.05) is 0 Å². The zero-order chi connectivity index (χ0) is 12.1. The SMILES string of the molecule is CCOC(=O)C([C@H]1CCCC(=O)C1)[N+](=O)[O-]. The van der Waals surface area contributed by atoms with Crippen molar-refractivity contribution in [3.8, 4) is 0 Å². The second-order valence-electron chi connectivity index (χ2n) is 3.88. The van der Waals surface area contributed by atoms with E-state index in [2.05, 4.69) is 4.74 Å². The summed E-state index contributed by atoms with van der Waals surface area (Å²) in [7, 11) is 0. The average molecular weight is 229 g/mol. The summed E-state index contributed by atoms with van der Waals surface area (Å²) < 4.78 is 4.66. The summed E-state index contributed by atoms with van der Waals surface area (Å²) in [4.78, 5) is 32.8. The van der Waals surface area contributed by atoms with Crippen LogP contribution in [0.1, 0.15) is 32.6 Å². The molecule has 16 heavy (non-hydrogen) atoms. The summed E-state index contributed by atoms with van der Waals surface area (Å²) in [6.07, 6.45) is 1.73. The maximum Gasteiger partial charge on any atom is 0.381 e.